The van der Waals surface area contributed by atoms with E-state index in [0.717, 1.165) is 18.5 Å². The summed E-state index contributed by atoms with van der Waals surface area (Å²) < 4.78 is 0. The highest BCUT2D eigenvalue weighted by Crippen LogP contribution is 2.34. The molecule has 2 saturated carbocycles. The first-order valence-electron chi connectivity index (χ1n) is 7.84. The molecule has 3 rings (SSSR count). The number of hydrogen-bond donors (Lipinski definition) is 0. The third-order valence-corrected chi connectivity index (χ3v) is 5.71. The number of carbonyl (C=O) groups is 1. The van der Waals surface area contributed by atoms with E-state index in [2.05, 4.69) is 4.98 Å². The number of thiazole rings is 1. The lowest BCUT2D eigenvalue weighted by atomic mass is 10.00. The van der Waals surface area contributed by atoms with Gasteiger partial charge in [0.15, 0.2) is 5.78 Å². The van der Waals surface area contributed by atoms with Crippen LogP contribution >= 0.6 is 11.3 Å². The van der Waals surface area contributed by atoms with Crippen LogP contribution in [0.2, 0.25) is 0 Å². The van der Waals surface area contributed by atoms with Crippen molar-refractivity contribution in [1.29, 1.82) is 0 Å². The molecule has 1 heterocycles. The maximum Gasteiger partial charge on any atom is 0.185 e. The van der Waals surface area contributed by atoms with Crippen molar-refractivity contribution in [2.45, 2.75) is 70.1 Å². The Bertz CT molecular complexity index is 426. The Morgan fingerprint density at radius 1 is 1.00 bits per heavy atom. The highest BCUT2D eigenvalue weighted by Gasteiger charge is 2.26. The van der Waals surface area contributed by atoms with Gasteiger partial charge in [-0.3, -0.25) is 4.79 Å². The maximum absolute atomic E-state index is 12.4. The van der Waals surface area contributed by atoms with Crippen molar-refractivity contribution in [2.24, 2.45) is 5.92 Å². The number of aromatic nitrogens is 1. The molecule has 0 atom stereocenters. The summed E-state index contributed by atoms with van der Waals surface area (Å²) in [5.74, 6) is 1.20. The quantitative estimate of drug-likeness (QED) is 0.577. The van der Waals surface area contributed by atoms with Crippen molar-refractivity contribution >= 4 is 17.1 Å². The van der Waals surface area contributed by atoms with Crippen molar-refractivity contribution < 1.29 is 4.79 Å². The first-order chi connectivity index (χ1) is 9.34. The van der Waals surface area contributed by atoms with E-state index in [1.165, 1.54) is 56.4 Å². The molecule has 0 bridgehead atoms. The van der Waals surface area contributed by atoms with Crippen LogP contribution < -0.4 is 0 Å². The lowest BCUT2D eigenvalue weighted by Gasteiger charge is -2.10. The van der Waals surface area contributed by atoms with E-state index < -0.39 is 0 Å². The van der Waals surface area contributed by atoms with Gasteiger partial charge >= 0.3 is 0 Å². The van der Waals surface area contributed by atoms with Crippen LogP contribution in [0.25, 0.3) is 0 Å². The number of rotatable bonds is 3. The summed E-state index contributed by atoms with van der Waals surface area (Å²) in [7, 11) is 0. The molecule has 1 aromatic rings. The third kappa shape index (κ3) is 3.07. The summed E-state index contributed by atoms with van der Waals surface area (Å²) in [6, 6.07) is 0. The van der Waals surface area contributed by atoms with Crippen LogP contribution in [0.15, 0.2) is 5.38 Å². The summed E-state index contributed by atoms with van der Waals surface area (Å²) >= 11 is 1.72. The van der Waals surface area contributed by atoms with Gasteiger partial charge in [-0.05, 0) is 25.7 Å². The van der Waals surface area contributed by atoms with Gasteiger partial charge in [0.05, 0.1) is 5.01 Å². The van der Waals surface area contributed by atoms with E-state index in [-0.39, 0.29) is 5.92 Å². The minimum absolute atomic E-state index is 0.268. The summed E-state index contributed by atoms with van der Waals surface area (Å²) in [4.78, 5) is 17.0. The Morgan fingerprint density at radius 3 is 2.32 bits per heavy atom. The van der Waals surface area contributed by atoms with Gasteiger partial charge in [0.2, 0.25) is 0 Å². The number of hydrogen-bond acceptors (Lipinski definition) is 3. The van der Waals surface area contributed by atoms with E-state index in [0.29, 0.717) is 11.7 Å². The first-order valence-corrected chi connectivity index (χ1v) is 8.72. The minimum Gasteiger partial charge on any atom is -0.292 e. The lowest BCUT2D eigenvalue weighted by Crippen LogP contribution is -2.11. The van der Waals surface area contributed by atoms with Crippen LogP contribution in [0, 0.1) is 5.92 Å². The summed E-state index contributed by atoms with van der Waals surface area (Å²) in [6.07, 6.45) is 12.5. The number of Topliss-reactive ketones (excluding diaryl/α,β-unsaturated/α-hetero) is 1. The Hall–Kier alpha value is -0.700. The monoisotopic (exact) mass is 277 g/mol. The molecule has 2 aliphatic carbocycles. The fraction of sp³-hybridized carbons (Fsp3) is 0.750. The van der Waals surface area contributed by atoms with Crippen LogP contribution in [0.5, 0.6) is 0 Å². The Kier molecular flexibility index (Phi) is 4.31. The lowest BCUT2D eigenvalue weighted by molar-refractivity contribution is 0.0918. The second kappa shape index (κ2) is 6.17. The van der Waals surface area contributed by atoms with Gasteiger partial charge < -0.3 is 0 Å². The molecule has 0 unspecified atom stereocenters. The fourth-order valence-electron chi connectivity index (χ4n) is 3.51. The molecule has 0 spiro atoms. The van der Waals surface area contributed by atoms with Gasteiger partial charge in [-0.15, -0.1) is 11.3 Å². The summed E-state index contributed by atoms with van der Waals surface area (Å²) in [5, 5.41) is 3.24. The van der Waals surface area contributed by atoms with Crippen molar-refractivity contribution in [1.82, 2.24) is 4.98 Å². The van der Waals surface area contributed by atoms with Crippen LogP contribution in [0.4, 0.5) is 0 Å². The van der Waals surface area contributed by atoms with E-state index in [9.17, 15) is 4.79 Å². The van der Waals surface area contributed by atoms with E-state index in [1.807, 2.05) is 5.38 Å². The van der Waals surface area contributed by atoms with E-state index in [4.69, 9.17) is 0 Å². The minimum atomic E-state index is 0.268. The number of nitrogens with zero attached hydrogens (tertiary/aromatic N) is 1. The summed E-state index contributed by atoms with van der Waals surface area (Å²) in [5.41, 5.74) is 0.760. The molecule has 104 valence electrons. The Balaban J connectivity index is 1.69. The van der Waals surface area contributed by atoms with Gasteiger partial charge in [0, 0.05) is 17.2 Å². The van der Waals surface area contributed by atoms with E-state index >= 15 is 0 Å². The molecule has 0 N–H and O–H groups in total. The normalized spacial score (nSPS) is 22.5. The van der Waals surface area contributed by atoms with E-state index in [1.54, 1.807) is 11.3 Å². The molecule has 0 aromatic carbocycles. The maximum atomic E-state index is 12.4. The molecule has 3 heteroatoms. The molecule has 19 heavy (non-hydrogen) atoms. The molecule has 0 radical (unpaired) electrons. The SMILES string of the molecule is O=C(c1csc(C2CCCCCC2)n1)C1CCCC1. The van der Waals surface area contributed by atoms with Gasteiger partial charge in [-0.25, -0.2) is 4.98 Å². The predicted octanol–water partition coefficient (Wildman–Crippen LogP) is 4.95. The average molecular weight is 277 g/mol. The fourth-order valence-corrected chi connectivity index (χ4v) is 4.49. The Morgan fingerprint density at radius 2 is 1.63 bits per heavy atom. The Labute approximate surface area is 119 Å². The summed E-state index contributed by atoms with van der Waals surface area (Å²) in [6.45, 7) is 0. The molecule has 0 saturated heterocycles. The molecular formula is C16H23NOS. The van der Waals surface area contributed by atoms with Crippen molar-refractivity contribution in [2.75, 3.05) is 0 Å². The van der Waals surface area contributed by atoms with Gasteiger partial charge in [-0.2, -0.15) is 0 Å². The third-order valence-electron chi connectivity index (χ3n) is 4.70. The second-order valence-corrected chi connectivity index (χ2v) is 6.99. The second-order valence-electron chi connectivity index (χ2n) is 6.11. The molecule has 0 aliphatic heterocycles. The van der Waals surface area contributed by atoms with Gasteiger partial charge in [0.1, 0.15) is 5.69 Å². The zero-order valence-corrected chi connectivity index (χ0v) is 12.4. The van der Waals surface area contributed by atoms with Crippen LogP contribution in [-0.4, -0.2) is 10.8 Å². The van der Waals surface area contributed by atoms with Crippen molar-refractivity contribution in [3.05, 3.63) is 16.1 Å². The number of carbonyl (C=O) groups excluding carboxylic acids is 1. The highest BCUT2D eigenvalue weighted by atomic mass is 32.1. The molecule has 2 fully saturated rings. The van der Waals surface area contributed by atoms with Crippen molar-refractivity contribution in [3.63, 3.8) is 0 Å². The van der Waals surface area contributed by atoms with Crippen LogP contribution in [0.1, 0.15) is 85.6 Å². The zero-order chi connectivity index (χ0) is 13.1. The van der Waals surface area contributed by atoms with Gasteiger partial charge in [0.25, 0.3) is 0 Å². The number of ketones is 1. The molecule has 1 aromatic heterocycles. The zero-order valence-electron chi connectivity index (χ0n) is 11.6. The molecule has 2 aliphatic rings. The topological polar surface area (TPSA) is 30.0 Å². The van der Waals surface area contributed by atoms with Crippen molar-refractivity contribution in [3.8, 4) is 0 Å². The first kappa shape index (κ1) is 13.3. The van der Waals surface area contributed by atoms with Crippen LogP contribution in [-0.2, 0) is 0 Å². The standard InChI is InChI=1S/C16H23NOS/c18-15(12-7-5-6-8-12)14-11-19-16(17-14)13-9-3-1-2-4-10-13/h11-13H,1-10H2. The molecule has 0 amide bonds. The molecular weight excluding hydrogens is 254 g/mol. The van der Waals surface area contributed by atoms with Gasteiger partial charge in [-0.1, -0.05) is 38.5 Å². The highest BCUT2D eigenvalue weighted by molar-refractivity contribution is 7.09. The average Bonchev–Trinajstić information content (AvgIpc) is 3.05. The largest absolute Gasteiger partial charge is 0.292 e. The smallest absolute Gasteiger partial charge is 0.185 e. The van der Waals surface area contributed by atoms with Crippen LogP contribution in [0.3, 0.4) is 0 Å². The molecule has 2 nitrogen and oxygen atoms in total. The predicted molar refractivity (Wildman–Crippen MR) is 78.8 cm³/mol.